The maximum Gasteiger partial charge on any atom is 0.272 e. The molecule has 1 unspecified atom stereocenters. The van der Waals surface area contributed by atoms with Gasteiger partial charge in [0.15, 0.2) is 0 Å². The molecule has 1 amide bonds. The topological polar surface area (TPSA) is 59.2 Å². The van der Waals surface area contributed by atoms with Gasteiger partial charge in [-0.15, -0.1) is 12.4 Å². The molecule has 2 N–H and O–H groups in total. The average Bonchev–Trinajstić information content (AvgIpc) is 2.27. The zero-order chi connectivity index (χ0) is 11.4. The van der Waals surface area contributed by atoms with Crippen LogP contribution in [0.15, 0.2) is 18.3 Å². The second-order valence-electron chi connectivity index (χ2n) is 3.65. The summed E-state index contributed by atoms with van der Waals surface area (Å²) < 4.78 is 0. The van der Waals surface area contributed by atoms with E-state index in [1.54, 1.807) is 24.1 Å². The van der Waals surface area contributed by atoms with Gasteiger partial charge in [-0.3, -0.25) is 4.79 Å². The Balaban J connectivity index is 0.00000225. The average molecular weight is 244 g/mol. The van der Waals surface area contributed by atoms with Gasteiger partial charge >= 0.3 is 0 Å². The smallest absolute Gasteiger partial charge is 0.272 e. The minimum atomic E-state index is -0.0654. The molecule has 1 aromatic rings. The maximum atomic E-state index is 11.9. The van der Waals surface area contributed by atoms with Gasteiger partial charge in [-0.25, -0.2) is 4.98 Å². The van der Waals surface area contributed by atoms with Gasteiger partial charge in [-0.05, 0) is 25.5 Å². The number of aromatic nitrogens is 1. The number of nitrogens with two attached hydrogens (primary N) is 1. The molecule has 5 heteroatoms. The van der Waals surface area contributed by atoms with Crippen LogP contribution in [0.2, 0.25) is 0 Å². The molecule has 0 aromatic carbocycles. The number of amides is 1. The van der Waals surface area contributed by atoms with Gasteiger partial charge in [-0.1, -0.05) is 6.92 Å². The maximum absolute atomic E-state index is 11.9. The number of rotatable bonds is 3. The number of carbonyl (C=O) groups excluding carboxylic acids is 1. The lowest BCUT2D eigenvalue weighted by Gasteiger charge is -2.23. The molecule has 0 aliphatic rings. The van der Waals surface area contributed by atoms with Crippen LogP contribution in [-0.4, -0.2) is 28.9 Å². The monoisotopic (exact) mass is 243 g/mol. The zero-order valence-corrected chi connectivity index (χ0v) is 10.6. The van der Waals surface area contributed by atoms with Crippen molar-refractivity contribution in [3.05, 3.63) is 24.0 Å². The van der Waals surface area contributed by atoms with Crippen molar-refractivity contribution in [3.8, 4) is 0 Å². The summed E-state index contributed by atoms with van der Waals surface area (Å²) in [7, 11) is 1.79. The first-order valence-electron chi connectivity index (χ1n) is 5.05. The molecule has 1 aromatic heterocycles. The van der Waals surface area contributed by atoms with Crippen LogP contribution in [0.5, 0.6) is 0 Å². The molecule has 90 valence electrons. The number of carbonyl (C=O) groups is 1. The Hall–Kier alpha value is -1.29. The summed E-state index contributed by atoms with van der Waals surface area (Å²) in [5.74, 6) is -0.0654. The molecule has 0 radical (unpaired) electrons. The summed E-state index contributed by atoms with van der Waals surface area (Å²) in [6.45, 7) is 4.06. The van der Waals surface area contributed by atoms with E-state index in [-0.39, 0.29) is 24.4 Å². The van der Waals surface area contributed by atoms with Crippen LogP contribution >= 0.6 is 12.4 Å². The summed E-state index contributed by atoms with van der Waals surface area (Å²) in [6.07, 6.45) is 2.43. The van der Waals surface area contributed by atoms with Gasteiger partial charge in [0, 0.05) is 13.1 Å². The van der Waals surface area contributed by atoms with Crippen molar-refractivity contribution in [2.75, 3.05) is 12.8 Å². The van der Waals surface area contributed by atoms with Crippen LogP contribution in [0.1, 0.15) is 30.8 Å². The minimum absolute atomic E-state index is 0. The third-order valence-corrected chi connectivity index (χ3v) is 2.58. The molecular formula is C11H18ClN3O. The van der Waals surface area contributed by atoms with Gasteiger partial charge in [0.1, 0.15) is 5.69 Å². The van der Waals surface area contributed by atoms with Crippen LogP contribution in [-0.2, 0) is 0 Å². The summed E-state index contributed by atoms with van der Waals surface area (Å²) in [5.41, 5.74) is 6.51. The number of hydrogen-bond donors (Lipinski definition) is 1. The van der Waals surface area contributed by atoms with Crippen molar-refractivity contribution >= 4 is 24.0 Å². The van der Waals surface area contributed by atoms with Gasteiger partial charge in [-0.2, -0.15) is 0 Å². The Labute approximate surface area is 102 Å². The van der Waals surface area contributed by atoms with Crippen LogP contribution in [0.4, 0.5) is 5.69 Å². The summed E-state index contributed by atoms with van der Waals surface area (Å²) in [4.78, 5) is 17.6. The van der Waals surface area contributed by atoms with E-state index in [0.29, 0.717) is 11.4 Å². The van der Waals surface area contributed by atoms with Crippen molar-refractivity contribution < 1.29 is 4.79 Å². The van der Waals surface area contributed by atoms with E-state index in [1.807, 2.05) is 13.8 Å². The lowest BCUT2D eigenvalue weighted by molar-refractivity contribution is 0.0734. The number of nitrogen functional groups attached to an aromatic ring is 1. The minimum Gasteiger partial charge on any atom is -0.397 e. The normalized spacial score (nSPS) is 11.4. The number of nitrogens with zero attached hydrogens (tertiary/aromatic N) is 2. The number of pyridine rings is 1. The highest BCUT2D eigenvalue weighted by molar-refractivity contribution is 5.92. The Kier molecular flexibility index (Phi) is 5.82. The molecule has 16 heavy (non-hydrogen) atoms. The Bertz CT molecular complexity index is 340. The molecule has 4 nitrogen and oxygen atoms in total. The zero-order valence-electron chi connectivity index (χ0n) is 9.80. The largest absolute Gasteiger partial charge is 0.397 e. The molecule has 0 fully saturated rings. The van der Waals surface area contributed by atoms with Crippen molar-refractivity contribution in [2.45, 2.75) is 26.3 Å². The molecular weight excluding hydrogens is 226 g/mol. The molecule has 0 saturated carbocycles. The van der Waals surface area contributed by atoms with Crippen LogP contribution in [0.25, 0.3) is 0 Å². The Morgan fingerprint density at radius 3 is 2.62 bits per heavy atom. The second kappa shape index (κ2) is 6.33. The van der Waals surface area contributed by atoms with Gasteiger partial charge < -0.3 is 10.6 Å². The molecule has 1 atom stereocenters. The van der Waals surface area contributed by atoms with Gasteiger partial charge in [0.2, 0.25) is 0 Å². The molecule has 0 aliphatic heterocycles. The highest BCUT2D eigenvalue weighted by atomic mass is 35.5. The van der Waals surface area contributed by atoms with E-state index < -0.39 is 0 Å². The number of hydrogen-bond acceptors (Lipinski definition) is 3. The van der Waals surface area contributed by atoms with Crippen molar-refractivity contribution in [1.82, 2.24) is 9.88 Å². The van der Waals surface area contributed by atoms with Crippen LogP contribution in [0.3, 0.4) is 0 Å². The van der Waals surface area contributed by atoms with Crippen LogP contribution < -0.4 is 5.73 Å². The Morgan fingerprint density at radius 1 is 1.56 bits per heavy atom. The summed E-state index contributed by atoms with van der Waals surface area (Å²) in [6, 6.07) is 3.55. The fourth-order valence-corrected chi connectivity index (χ4v) is 1.19. The first-order chi connectivity index (χ1) is 7.06. The molecule has 1 heterocycles. The van der Waals surface area contributed by atoms with E-state index in [0.717, 1.165) is 6.42 Å². The fraction of sp³-hybridized carbons (Fsp3) is 0.455. The molecule has 1 rings (SSSR count). The van der Waals surface area contributed by atoms with Gasteiger partial charge in [0.05, 0.1) is 11.9 Å². The summed E-state index contributed by atoms with van der Waals surface area (Å²) >= 11 is 0. The Morgan fingerprint density at radius 2 is 2.19 bits per heavy atom. The molecule has 0 spiro atoms. The van der Waals surface area contributed by atoms with Gasteiger partial charge in [0.25, 0.3) is 5.91 Å². The standard InChI is InChI=1S/C11H17N3O.ClH/c1-4-8(2)14(3)11(15)10-6-5-9(12)7-13-10;/h5-8H,4,12H2,1-3H3;1H. The number of anilines is 1. The predicted octanol–water partition coefficient (Wildman–Crippen LogP) is 1.96. The highest BCUT2D eigenvalue weighted by Gasteiger charge is 2.16. The second-order valence-corrected chi connectivity index (χ2v) is 3.65. The van der Waals surface area contributed by atoms with Crippen molar-refractivity contribution in [2.24, 2.45) is 0 Å². The first kappa shape index (κ1) is 14.7. The third-order valence-electron chi connectivity index (χ3n) is 2.58. The molecule has 0 saturated heterocycles. The molecule has 0 aliphatic carbocycles. The van der Waals surface area contributed by atoms with E-state index >= 15 is 0 Å². The fourth-order valence-electron chi connectivity index (χ4n) is 1.19. The predicted molar refractivity (Wildman–Crippen MR) is 67.7 cm³/mol. The van der Waals surface area contributed by atoms with Crippen LogP contribution in [0, 0.1) is 0 Å². The lowest BCUT2D eigenvalue weighted by atomic mass is 10.2. The highest BCUT2D eigenvalue weighted by Crippen LogP contribution is 2.08. The van der Waals surface area contributed by atoms with E-state index in [9.17, 15) is 4.79 Å². The summed E-state index contributed by atoms with van der Waals surface area (Å²) in [5, 5.41) is 0. The van der Waals surface area contributed by atoms with E-state index in [4.69, 9.17) is 5.73 Å². The lowest BCUT2D eigenvalue weighted by Crippen LogP contribution is -2.35. The SMILES string of the molecule is CCC(C)N(C)C(=O)c1ccc(N)cn1.Cl. The van der Waals surface area contributed by atoms with E-state index in [1.165, 1.54) is 6.20 Å². The van der Waals surface area contributed by atoms with E-state index in [2.05, 4.69) is 4.98 Å². The molecule has 0 bridgehead atoms. The van der Waals surface area contributed by atoms with Crippen molar-refractivity contribution in [1.29, 1.82) is 0 Å². The first-order valence-corrected chi connectivity index (χ1v) is 5.05. The number of halogens is 1. The third kappa shape index (κ3) is 3.38. The van der Waals surface area contributed by atoms with Crippen molar-refractivity contribution in [3.63, 3.8) is 0 Å². The quantitative estimate of drug-likeness (QED) is 0.883.